The summed E-state index contributed by atoms with van der Waals surface area (Å²) >= 11 is 0. The molecule has 2 atom stereocenters. The number of Topliss-reactive ketones (excluding diaryl/α,β-unsaturated/α-hetero) is 1. The van der Waals surface area contributed by atoms with Crippen LogP contribution in [0.1, 0.15) is 58.3 Å². The van der Waals surface area contributed by atoms with Crippen LogP contribution in [-0.4, -0.2) is 34.0 Å². The number of nitrogens with zero attached hydrogens (tertiary/aromatic N) is 4. The van der Waals surface area contributed by atoms with Crippen LogP contribution in [0.3, 0.4) is 0 Å². The molecule has 0 spiro atoms. The van der Waals surface area contributed by atoms with Gasteiger partial charge in [0, 0.05) is 36.7 Å². The highest BCUT2D eigenvalue weighted by Crippen LogP contribution is 2.56. The molecule has 2 fully saturated rings. The third kappa shape index (κ3) is 2.91. The molecule has 138 valence electrons. The fraction of sp³-hybridized carbons (Fsp3) is 0.600. The van der Waals surface area contributed by atoms with Crippen LogP contribution < -0.4 is 4.90 Å². The lowest BCUT2D eigenvalue weighted by Crippen LogP contribution is -2.46. The minimum atomic E-state index is -0.133. The van der Waals surface area contributed by atoms with Crippen molar-refractivity contribution in [3.63, 3.8) is 0 Å². The maximum absolute atomic E-state index is 11.7. The number of anilines is 1. The molecule has 2 aliphatic rings. The molecule has 0 N–H and O–H groups in total. The molecule has 1 saturated heterocycles. The first-order valence-corrected chi connectivity index (χ1v) is 9.52. The summed E-state index contributed by atoms with van der Waals surface area (Å²) in [4.78, 5) is 23.2. The molecule has 4 rings (SSSR count). The van der Waals surface area contributed by atoms with Crippen molar-refractivity contribution in [2.75, 3.05) is 18.0 Å². The van der Waals surface area contributed by atoms with Crippen LogP contribution in [0.4, 0.5) is 5.82 Å². The van der Waals surface area contributed by atoms with E-state index in [9.17, 15) is 4.79 Å². The van der Waals surface area contributed by atoms with Crippen molar-refractivity contribution in [1.29, 1.82) is 0 Å². The molecule has 26 heavy (non-hydrogen) atoms. The summed E-state index contributed by atoms with van der Waals surface area (Å²) in [5, 5.41) is 4.14. The van der Waals surface area contributed by atoms with Crippen LogP contribution in [0.5, 0.6) is 0 Å². The Labute approximate surface area is 154 Å². The highest BCUT2D eigenvalue weighted by molar-refractivity contribution is 5.80. The molecule has 1 saturated carbocycles. The topological polar surface area (TPSA) is 72.1 Å². The first-order chi connectivity index (χ1) is 12.5. The van der Waals surface area contributed by atoms with E-state index in [1.807, 2.05) is 18.3 Å². The van der Waals surface area contributed by atoms with Crippen molar-refractivity contribution in [2.24, 2.45) is 11.3 Å². The quantitative estimate of drug-likeness (QED) is 0.831. The number of hydrogen-bond donors (Lipinski definition) is 0. The van der Waals surface area contributed by atoms with Gasteiger partial charge in [-0.2, -0.15) is 4.98 Å². The van der Waals surface area contributed by atoms with E-state index in [1.54, 1.807) is 6.92 Å². The van der Waals surface area contributed by atoms with Gasteiger partial charge in [0.05, 0.1) is 0 Å². The zero-order chi connectivity index (χ0) is 18.3. The van der Waals surface area contributed by atoms with E-state index in [-0.39, 0.29) is 23.0 Å². The Bertz CT molecular complexity index is 790. The number of rotatable bonds is 4. The fourth-order valence-corrected chi connectivity index (χ4v) is 4.36. The summed E-state index contributed by atoms with van der Waals surface area (Å²) in [6.07, 6.45) is 6.38. The van der Waals surface area contributed by atoms with E-state index >= 15 is 0 Å². The van der Waals surface area contributed by atoms with Gasteiger partial charge in [-0.05, 0) is 50.2 Å². The molecule has 0 bridgehead atoms. The van der Waals surface area contributed by atoms with Gasteiger partial charge in [0.15, 0.2) is 0 Å². The fourth-order valence-electron chi connectivity index (χ4n) is 4.36. The van der Waals surface area contributed by atoms with Crippen LogP contribution in [0.15, 0.2) is 22.9 Å². The lowest BCUT2D eigenvalue weighted by molar-refractivity contribution is -0.132. The van der Waals surface area contributed by atoms with Crippen LogP contribution in [-0.2, 0) is 4.79 Å². The minimum Gasteiger partial charge on any atom is -0.357 e. The average molecular weight is 354 g/mol. The van der Waals surface area contributed by atoms with Gasteiger partial charge >= 0.3 is 0 Å². The molecular weight excluding hydrogens is 328 g/mol. The monoisotopic (exact) mass is 354 g/mol. The third-order valence-electron chi connectivity index (χ3n) is 6.18. The van der Waals surface area contributed by atoms with Crippen molar-refractivity contribution in [3.8, 4) is 11.4 Å². The van der Waals surface area contributed by atoms with Gasteiger partial charge in [-0.1, -0.05) is 19.0 Å². The van der Waals surface area contributed by atoms with Crippen LogP contribution in [0.25, 0.3) is 11.4 Å². The smallest absolute Gasteiger partial charge is 0.230 e. The second-order valence-corrected chi connectivity index (χ2v) is 8.18. The summed E-state index contributed by atoms with van der Waals surface area (Å²) in [5.74, 6) is 2.67. The van der Waals surface area contributed by atoms with Crippen molar-refractivity contribution < 1.29 is 9.32 Å². The number of pyridine rings is 1. The highest BCUT2D eigenvalue weighted by atomic mass is 16.5. The lowest BCUT2D eigenvalue weighted by Gasteiger charge is -2.49. The van der Waals surface area contributed by atoms with E-state index in [0.29, 0.717) is 11.7 Å². The Morgan fingerprint density at radius 2 is 2.00 bits per heavy atom. The van der Waals surface area contributed by atoms with Crippen molar-refractivity contribution in [1.82, 2.24) is 15.1 Å². The molecule has 2 aromatic heterocycles. The highest BCUT2D eigenvalue weighted by Gasteiger charge is 2.53. The zero-order valence-corrected chi connectivity index (χ0v) is 15.7. The van der Waals surface area contributed by atoms with Gasteiger partial charge in [-0.25, -0.2) is 4.98 Å². The van der Waals surface area contributed by atoms with Crippen molar-refractivity contribution in [2.45, 2.75) is 52.4 Å². The van der Waals surface area contributed by atoms with Crippen LogP contribution >= 0.6 is 0 Å². The third-order valence-corrected chi connectivity index (χ3v) is 6.18. The van der Waals surface area contributed by atoms with E-state index in [4.69, 9.17) is 4.52 Å². The normalized spacial score (nSPS) is 25.0. The molecule has 1 aliphatic carbocycles. The van der Waals surface area contributed by atoms with Crippen molar-refractivity contribution in [3.05, 3.63) is 24.2 Å². The number of piperidine rings is 1. The van der Waals surface area contributed by atoms with Crippen LogP contribution in [0.2, 0.25) is 0 Å². The average Bonchev–Trinajstić information content (AvgIpc) is 3.10. The first-order valence-electron chi connectivity index (χ1n) is 9.52. The molecular formula is C20H26N4O2. The number of carbonyl (C=O) groups excluding carboxylic acids is 1. The van der Waals surface area contributed by atoms with Gasteiger partial charge in [-0.3, -0.25) is 4.79 Å². The predicted octanol–water partition coefficient (Wildman–Crippen LogP) is 3.84. The molecule has 0 amide bonds. The molecule has 6 heteroatoms. The molecule has 0 aromatic carbocycles. The summed E-state index contributed by atoms with van der Waals surface area (Å²) < 4.78 is 5.52. The number of hydrogen-bond acceptors (Lipinski definition) is 6. The van der Waals surface area contributed by atoms with Gasteiger partial charge in [0.1, 0.15) is 11.6 Å². The van der Waals surface area contributed by atoms with E-state index < -0.39 is 0 Å². The summed E-state index contributed by atoms with van der Waals surface area (Å²) in [6.45, 7) is 8.02. The van der Waals surface area contributed by atoms with E-state index in [0.717, 1.165) is 30.9 Å². The number of aromatic nitrogens is 3. The molecule has 6 nitrogen and oxygen atoms in total. The Morgan fingerprint density at radius 1 is 1.23 bits per heavy atom. The summed E-state index contributed by atoms with van der Waals surface area (Å²) in [5.41, 5.74) is 0.729. The standard InChI is InChI=1S/C20H26N4O2/c1-13(25)15-11-16(20(15,2)3)19-22-18(23-26-19)14-7-8-17(21-12-14)24-9-5-4-6-10-24/h7-8,12,15-16H,4-6,9-11H2,1-3H3/t15-,16+/m0/s1. The second kappa shape index (κ2) is 6.49. The van der Waals surface area contributed by atoms with Crippen molar-refractivity contribution >= 4 is 11.6 Å². The zero-order valence-electron chi connectivity index (χ0n) is 15.7. The minimum absolute atomic E-state index is 0.0772. The Hall–Kier alpha value is -2.24. The predicted molar refractivity (Wildman–Crippen MR) is 98.9 cm³/mol. The van der Waals surface area contributed by atoms with E-state index in [2.05, 4.69) is 33.9 Å². The molecule has 2 aromatic rings. The van der Waals surface area contributed by atoms with E-state index in [1.165, 1.54) is 19.3 Å². The maximum atomic E-state index is 11.7. The lowest BCUT2D eigenvalue weighted by atomic mass is 9.53. The molecule has 0 unspecified atom stereocenters. The second-order valence-electron chi connectivity index (χ2n) is 8.18. The summed E-state index contributed by atoms with van der Waals surface area (Å²) in [6, 6.07) is 4.05. The van der Waals surface area contributed by atoms with Gasteiger partial charge in [-0.15, -0.1) is 0 Å². The molecule has 1 aliphatic heterocycles. The Balaban J connectivity index is 1.49. The van der Waals surface area contributed by atoms with Gasteiger partial charge in [0.2, 0.25) is 11.7 Å². The summed E-state index contributed by atoms with van der Waals surface area (Å²) in [7, 11) is 0. The van der Waals surface area contributed by atoms with Crippen LogP contribution in [0, 0.1) is 11.3 Å². The van der Waals surface area contributed by atoms with Gasteiger partial charge in [0.25, 0.3) is 0 Å². The largest absolute Gasteiger partial charge is 0.357 e. The maximum Gasteiger partial charge on any atom is 0.230 e. The SMILES string of the molecule is CC(=O)[C@@H]1C[C@H](c2nc(-c3ccc(N4CCCCC4)nc3)no2)C1(C)C. The number of carbonyl (C=O) groups is 1. The Kier molecular flexibility index (Phi) is 4.29. The van der Waals surface area contributed by atoms with Gasteiger partial charge < -0.3 is 9.42 Å². The first kappa shape index (κ1) is 17.2. The molecule has 0 radical (unpaired) electrons. The Morgan fingerprint density at radius 3 is 2.62 bits per heavy atom. The number of ketones is 1. The molecule has 3 heterocycles.